The molecule has 1 N–H and O–H groups in total. The molecule has 2 aromatic carbocycles. The Morgan fingerprint density at radius 2 is 1.83 bits per heavy atom. The van der Waals surface area contributed by atoms with E-state index in [0.29, 0.717) is 33.7 Å². The van der Waals surface area contributed by atoms with Crippen molar-refractivity contribution in [3.8, 4) is 11.5 Å². The number of benzene rings is 2. The average Bonchev–Trinajstić information content (AvgIpc) is 3.27. The van der Waals surface area contributed by atoms with Gasteiger partial charge in [-0.25, -0.2) is 8.42 Å². The van der Waals surface area contributed by atoms with Crippen LogP contribution in [-0.2, 0) is 26.2 Å². The van der Waals surface area contributed by atoms with Crippen molar-refractivity contribution >= 4 is 50.7 Å². The minimum atomic E-state index is -3.87. The number of hydrogen-bond donors (Lipinski definition) is 1. The first-order valence-corrected chi connectivity index (χ1v) is 13.5. The number of nitrogens with one attached hydrogen (secondary N) is 1. The summed E-state index contributed by atoms with van der Waals surface area (Å²) in [5, 5.41) is 3.52. The number of rotatable bonds is 10. The smallest absolute Gasteiger partial charge is 0.244 e. The van der Waals surface area contributed by atoms with Crippen molar-refractivity contribution < 1.29 is 27.5 Å². The third-order valence-electron chi connectivity index (χ3n) is 5.40. The van der Waals surface area contributed by atoms with E-state index >= 15 is 0 Å². The van der Waals surface area contributed by atoms with Gasteiger partial charge in [-0.15, -0.1) is 0 Å². The average molecular weight is 544 g/mol. The second kappa shape index (κ2) is 11.4. The van der Waals surface area contributed by atoms with Crippen LogP contribution in [0.4, 0.5) is 5.69 Å². The summed E-state index contributed by atoms with van der Waals surface area (Å²) < 4.78 is 36.9. The van der Waals surface area contributed by atoms with Gasteiger partial charge in [0.1, 0.15) is 12.6 Å². The van der Waals surface area contributed by atoms with Gasteiger partial charge in [-0.2, -0.15) is 0 Å². The summed E-state index contributed by atoms with van der Waals surface area (Å²) in [6.45, 7) is 3.41. The molecular formula is C23H27Cl2N3O6S. The fourth-order valence-electron chi connectivity index (χ4n) is 3.47. The van der Waals surface area contributed by atoms with E-state index in [9.17, 15) is 18.0 Å². The van der Waals surface area contributed by atoms with Crippen molar-refractivity contribution in [2.24, 2.45) is 0 Å². The van der Waals surface area contributed by atoms with Crippen LogP contribution in [-0.4, -0.2) is 57.3 Å². The van der Waals surface area contributed by atoms with Gasteiger partial charge in [-0.05, 0) is 43.2 Å². The zero-order chi connectivity index (χ0) is 25.8. The number of sulfonamides is 1. The highest BCUT2D eigenvalue weighted by Gasteiger charge is 2.31. The van der Waals surface area contributed by atoms with Gasteiger partial charge in [0.25, 0.3) is 0 Å². The van der Waals surface area contributed by atoms with Crippen LogP contribution < -0.4 is 19.1 Å². The Bertz CT molecular complexity index is 1210. The SMILES string of the molecule is CCCNC(=O)C(C)N(Cc1ccc(Cl)cc1Cl)C(=O)CN(c1ccc2c(c1)OCO2)S(C)(=O)=O. The van der Waals surface area contributed by atoms with Crippen molar-refractivity contribution in [3.05, 3.63) is 52.0 Å². The predicted molar refractivity (Wildman–Crippen MR) is 135 cm³/mol. The molecule has 1 atom stereocenters. The first-order chi connectivity index (χ1) is 16.5. The van der Waals surface area contributed by atoms with E-state index in [1.165, 1.54) is 17.0 Å². The molecule has 0 radical (unpaired) electrons. The highest BCUT2D eigenvalue weighted by molar-refractivity contribution is 7.92. The Balaban J connectivity index is 1.92. The molecule has 1 aliphatic heterocycles. The number of anilines is 1. The molecule has 12 heteroatoms. The van der Waals surface area contributed by atoms with Crippen LogP contribution in [0.2, 0.25) is 10.0 Å². The Hall–Kier alpha value is -2.69. The quantitative estimate of drug-likeness (QED) is 0.492. The lowest BCUT2D eigenvalue weighted by atomic mass is 10.1. The summed E-state index contributed by atoms with van der Waals surface area (Å²) in [5.41, 5.74) is 0.797. The molecule has 0 saturated heterocycles. The van der Waals surface area contributed by atoms with Gasteiger partial charge in [0.2, 0.25) is 28.6 Å². The van der Waals surface area contributed by atoms with Gasteiger partial charge < -0.3 is 19.7 Å². The summed E-state index contributed by atoms with van der Waals surface area (Å²) in [7, 11) is -3.87. The van der Waals surface area contributed by atoms with Crippen LogP contribution in [0.1, 0.15) is 25.8 Å². The van der Waals surface area contributed by atoms with Crippen molar-refractivity contribution in [1.82, 2.24) is 10.2 Å². The van der Waals surface area contributed by atoms with E-state index < -0.39 is 28.5 Å². The third kappa shape index (κ3) is 6.71. The van der Waals surface area contributed by atoms with Crippen molar-refractivity contribution in [2.45, 2.75) is 32.9 Å². The molecule has 2 amide bonds. The Labute approximate surface area is 214 Å². The van der Waals surface area contributed by atoms with Gasteiger partial charge in [-0.3, -0.25) is 13.9 Å². The first-order valence-electron chi connectivity index (χ1n) is 10.9. The number of hydrogen-bond acceptors (Lipinski definition) is 6. The van der Waals surface area contributed by atoms with E-state index in [0.717, 1.165) is 17.0 Å². The monoisotopic (exact) mass is 543 g/mol. The molecule has 1 unspecified atom stereocenters. The standard InChI is InChI=1S/C23H27Cl2N3O6S/c1-4-9-26-23(30)15(2)27(12-16-5-6-17(24)10-19(16)25)22(29)13-28(35(3,31)32)18-7-8-20-21(11-18)34-14-33-20/h5-8,10-11,15H,4,9,12-14H2,1-3H3,(H,26,30). The zero-order valence-corrected chi connectivity index (χ0v) is 21.9. The number of carbonyl (C=O) groups excluding carboxylic acids is 2. The highest BCUT2D eigenvalue weighted by Crippen LogP contribution is 2.36. The summed E-state index contributed by atoms with van der Waals surface area (Å²) >= 11 is 12.3. The maximum atomic E-state index is 13.5. The van der Waals surface area contributed by atoms with Crippen LogP contribution in [0.25, 0.3) is 0 Å². The molecule has 0 saturated carbocycles. The molecule has 0 aromatic heterocycles. The number of amides is 2. The number of halogens is 2. The molecule has 1 aliphatic rings. The molecule has 0 bridgehead atoms. The molecular weight excluding hydrogens is 517 g/mol. The Morgan fingerprint density at radius 3 is 2.49 bits per heavy atom. The van der Waals surface area contributed by atoms with Gasteiger partial charge in [-0.1, -0.05) is 36.2 Å². The van der Waals surface area contributed by atoms with Crippen LogP contribution in [0.3, 0.4) is 0 Å². The van der Waals surface area contributed by atoms with Crippen molar-refractivity contribution in [3.63, 3.8) is 0 Å². The van der Waals surface area contributed by atoms with E-state index in [2.05, 4.69) is 5.32 Å². The lowest BCUT2D eigenvalue weighted by Gasteiger charge is -2.31. The topological polar surface area (TPSA) is 105 Å². The van der Waals surface area contributed by atoms with Crippen molar-refractivity contribution in [2.75, 3.05) is 30.4 Å². The molecule has 0 aliphatic carbocycles. The largest absolute Gasteiger partial charge is 0.454 e. The van der Waals surface area contributed by atoms with Gasteiger partial charge in [0.05, 0.1) is 11.9 Å². The van der Waals surface area contributed by atoms with Crippen molar-refractivity contribution in [1.29, 1.82) is 0 Å². The summed E-state index contributed by atoms with van der Waals surface area (Å²) in [6, 6.07) is 8.54. The van der Waals surface area contributed by atoms with E-state index in [-0.39, 0.29) is 24.9 Å². The number of ether oxygens (including phenoxy) is 2. The number of carbonyl (C=O) groups is 2. The lowest BCUT2D eigenvalue weighted by Crippen LogP contribution is -2.51. The van der Waals surface area contributed by atoms with Gasteiger partial charge >= 0.3 is 0 Å². The molecule has 35 heavy (non-hydrogen) atoms. The molecule has 3 rings (SSSR count). The molecule has 0 fully saturated rings. The summed E-state index contributed by atoms with van der Waals surface area (Å²) in [5.74, 6) is -0.0907. The summed E-state index contributed by atoms with van der Waals surface area (Å²) in [6.07, 6.45) is 1.73. The van der Waals surface area contributed by atoms with E-state index in [4.69, 9.17) is 32.7 Å². The van der Waals surface area contributed by atoms with Crippen LogP contribution in [0, 0.1) is 0 Å². The molecule has 190 valence electrons. The maximum absolute atomic E-state index is 13.5. The van der Waals surface area contributed by atoms with E-state index in [1.54, 1.807) is 31.2 Å². The number of nitrogens with zero attached hydrogens (tertiary/aromatic N) is 2. The number of fused-ring (bicyclic) bond motifs is 1. The minimum absolute atomic E-state index is 0.0196. The molecule has 0 spiro atoms. The second-order valence-electron chi connectivity index (χ2n) is 8.03. The zero-order valence-electron chi connectivity index (χ0n) is 19.6. The van der Waals surface area contributed by atoms with Gasteiger partial charge in [0, 0.05) is 29.2 Å². The highest BCUT2D eigenvalue weighted by atomic mass is 35.5. The normalized spacial score (nSPS) is 13.3. The van der Waals surface area contributed by atoms with E-state index in [1.807, 2.05) is 6.92 Å². The molecule has 9 nitrogen and oxygen atoms in total. The summed E-state index contributed by atoms with van der Waals surface area (Å²) in [4.78, 5) is 27.6. The molecule has 2 aromatic rings. The van der Waals surface area contributed by atoms with Crippen LogP contribution in [0.5, 0.6) is 11.5 Å². The predicted octanol–water partition coefficient (Wildman–Crippen LogP) is 3.43. The van der Waals surface area contributed by atoms with Crippen LogP contribution >= 0.6 is 23.2 Å². The first kappa shape index (κ1) is 26.9. The van der Waals surface area contributed by atoms with Crippen LogP contribution in [0.15, 0.2) is 36.4 Å². The fraction of sp³-hybridized carbons (Fsp3) is 0.391. The third-order valence-corrected chi connectivity index (χ3v) is 7.12. The minimum Gasteiger partial charge on any atom is -0.454 e. The fourth-order valence-corrected chi connectivity index (χ4v) is 4.78. The molecule has 1 heterocycles. The van der Waals surface area contributed by atoms with Gasteiger partial charge in [0.15, 0.2) is 11.5 Å². The lowest BCUT2D eigenvalue weighted by molar-refractivity contribution is -0.139. The Kier molecular flexibility index (Phi) is 8.74. The maximum Gasteiger partial charge on any atom is 0.244 e. The second-order valence-corrected chi connectivity index (χ2v) is 10.8. The Morgan fingerprint density at radius 1 is 1.11 bits per heavy atom.